The molecule has 1 unspecified atom stereocenters. The highest BCUT2D eigenvalue weighted by Crippen LogP contribution is 2.34. The number of halogens is 2. The van der Waals surface area contributed by atoms with Crippen molar-refractivity contribution in [3.8, 4) is 0 Å². The molecule has 0 radical (unpaired) electrons. The minimum Gasteiger partial charge on any atom is -0.340 e. The van der Waals surface area contributed by atoms with E-state index >= 15 is 0 Å². The quantitative estimate of drug-likeness (QED) is 0.729. The van der Waals surface area contributed by atoms with Crippen LogP contribution in [0.5, 0.6) is 0 Å². The van der Waals surface area contributed by atoms with Crippen molar-refractivity contribution < 1.29 is 14.0 Å². The van der Waals surface area contributed by atoms with Crippen LogP contribution in [0.4, 0.5) is 4.39 Å². The summed E-state index contributed by atoms with van der Waals surface area (Å²) in [5.41, 5.74) is 2.17. The van der Waals surface area contributed by atoms with E-state index in [1.54, 1.807) is 24.0 Å². The molecule has 0 bridgehead atoms. The molecule has 2 amide bonds. The highest BCUT2D eigenvalue weighted by Gasteiger charge is 2.35. The van der Waals surface area contributed by atoms with Crippen molar-refractivity contribution >= 4 is 29.1 Å². The molecule has 0 N–H and O–H groups in total. The number of rotatable bonds is 4. The predicted octanol–water partition coefficient (Wildman–Crippen LogP) is 3.32. The summed E-state index contributed by atoms with van der Waals surface area (Å²) in [4.78, 5) is 28.6. The third-order valence-corrected chi connectivity index (χ3v) is 6.09. The summed E-state index contributed by atoms with van der Waals surface area (Å²) in [6, 6.07) is 13.3. The lowest BCUT2D eigenvalue weighted by Gasteiger charge is -2.34. The van der Waals surface area contributed by atoms with Crippen molar-refractivity contribution in [3.63, 3.8) is 0 Å². The molecule has 2 aliphatic rings. The van der Waals surface area contributed by atoms with Gasteiger partial charge < -0.3 is 4.90 Å². The first-order valence-corrected chi connectivity index (χ1v) is 10.7. The Morgan fingerprint density at radius 1 is 1.10 bits per heavy atom. The second kappa shape index (κ2) is 9.16. The van der Waals surface area contributed by atoms with Gasteiger partial charge in [0.15, 0.2) is 0 Å². The largest absolute Gasteiger partial charge is 0.340 e. The smallest absolute Gasteiger partial charge is 0.257 e. The lowest BCUT2D eigenvalue weighted by atomic mass is 9.98. The summed E-state index contributed by atoms with van der Waals surface area (Å²) < 4.78 is 13.9. The number of hydrogen-bond acceptors (Lipinski definition) is 4. The highest BCUT2D eigenvalue weighted by molar-refractivity contribution is 6.34. The first-order chi connectivity index (χ1) is 14.9. The van der Waals surface area contributed by atoms with Crippen molar-refractivity contribution in [2.24, 2.45) is 5.10 Å². The third-order valence-electron chi connectivity index (χ3n) is 5.76. The molecule has 0 spiro atoms. The Balaban J connectivity index is 1.56. The zero-order valence-electron chi connectivity index (χ0n) is 17.3. The zero-order chi connectivity index (χ0) is 22.0. The Morgan fingerprint density at radius 3 is 2.52 bits per heavy atom. The first-order valence-electron chi connectivity index (χ1n) is 10.3. The van der Waals surface area contributed by atoms with Gasteiger partial charge in [-0.2, -0.15) is 5.10 Å². The van der Waals surface area contributed by atoms with Gasteiger partial charge in [0.1, 0.15) is 5.82 Å². The van der Waals surface area contributed by atoms with Crippen LogP contribution < -0.4 is 0 Å². The highest BCUT2D eigenvalue weighted by atomic mass is 35.5. The number of nitrogens with zero attached hydrogens (tertiary/aromatic N) is 4. The van der Waals surface area contributed by atoms with Gasteiger partial charge in [-0.15, -0.1) is 0 Å². The van der Waals surface area contributed by atoms with Crippen molar-refractivity contribution in [3.05, 3.63) is 70.5 Å². The maximum absolute atomic E-state index is 13.9. The van der Waals surface area contributed by atoms with E-state index in [1.165, 1.54) is 17.1 Å². The summed E-state index contributed by atoms with van der Waals surface area (Å²) in [5, 5.41) is 6.64. The molecule has 162 valence electrons. The topological polar surface area (TPSA) is 56.2 Å². The van der Waals surface area contributed by atoms with E-state index in [9.17, 15) is 14.0 Å². The number of carbonyl (C=O) groups is 2. The van der Waals surface area contributed by atoms with Crippen LogP contribution in [0.1, 0.15) is 30.5 Å². The Hall–Kier alpha value is -2.77. The van der Waals surface area contributed by atoms with Crippen LogP contribution >= 0.6 is 11.6 Å². The lowest BCUT2D eigenvalue weighted by Crippen LogP contribution is -2.50. The van der Waals surface area contributed by atoms with Gasteiger partial charge >= 0.3 is 0 Å². The molecule has 2 aromatic carbocycles. The molecule has 0 aromatic heterocycles. The van der Waals surface area contributed by atoms with E-state index < -0.39 is 6.04 Å². The molecule has 2 aromatic rings. The molecule has 0 aliphatic carbocycles. The summed E-state index contributed by atoms with van der Waals surface area (Å²) in [5.74, 6) is -0.463. The lowest BCUT2D eigenvalue weighted by molar-refractivity contribution is -0.135. The average Bonchev–Trinajstić information content (AvgIpc) is 3.20. The maximum Gasteiger partial charge on any atom is 0.257 e. The number of hydrazone groups is 1. The van der Waals surface area contributed by atoms with Gasteiger partial charge in [0.25, 0.3) is 5.91 Å². The van der Waals surface area contributed by atoms with Gasteiger partial charge in [-0.1, -0.05) is 41.9 Å². The normalized spacial score (nSPS) is 19.5. The molecular formula is C23H24ClFN4O2. The molecule has 0 saturated carbocycles. The molecule has 4 rings (SSSR count). The maximum atomic E-state index is 13.9. The molecular weight excluding hydrogens is 419 g/mol. The summed E-state index contributed by atoms with van der Waals surface area (Å²) in [7, 11) is 0. The van der Waals surface area contributed by atoms with E-state index in [1.807, 2.05) is 29.2 Å². The Bertz CT molecular complexity index is 1020. The van der Waals surface area contributed by atoms with Crippen LogP contribution in [0.2, 0.25) is 5.02 Å². The standard InChI is InChI=1S/C23H24ClFN4O2/c1-16(30)28-11-9-27(10-12-28)15-23(31)29-22(17-5-4-6-18(25)13-17)14-21(26-29)19-7-2-3-8-20(19)24/h2-8,13,22H,9-12,14-15H2,1H3. The molecule has 2 heterocycles. The van der Waals surface area contributed by atoms with E-state index in [4.69, 9.17) is 11.6 Å². The summed E-state index contributed by atoms with van der Waals surface area (Å²) in [6.07, 6.45) is 0.455. The van der Waals surface area contributed by atoms with Crippen LogP contribution in [0.3, 0.4) is 0 Å². The van der Waals surface area contributed by atoms with Crippen molar-refractivity contribution in [1.82, 2.24) is 14.8 Å². The van der Waals surface area contributed by atoms with E-state index in [0.717, 1.165) is 5.56 Å². The van der Waals surface area contributed by atoms with Crippen LogP contribution in [0.15, 0.2) is 53.6 Å². The Kier molecular flexibility index (Phi) is 6.34. The Morgan fingerprint density at radius 2 is 1.84 bits per heavy atom. The minimum absolute atomic E-state index is 0.0469. The number of benzene rings is 2. The van der Waals surface area contributed by atoms with Crippen molar-refractivity contribution in [1.29, 1.82) is 0 Å². The van der Waals surface area contributed by atoms with Gasteiger partial charge in [-0.05, 0) is 23.8 Å². The van der Waals surface area contributed by atoms with Gasteiger partial charge in [-0.25, -0.2) is 9.40 Å². The van der Waals surface area contributed by atoms with Crippen LogP contribution in [0.25, 0.3) is 0 Å². The monoisotopic (exact) mass is 442 g/mol. The third kappa shape index (κ3) is 4.78. The van der Waals surface area contributed by atoms with Crippen LogP contribution in [-0.4, -0.2) is 65.1 Å². The van der Waals surface area contributed by atoms with Gasteiger partial charge in [0.05, 0.1) is 18.3 Å². The SMILES string of the molecule is CC(=O)N1CCN(CC(=O)N2N=C(c3ccccc3Cl)CC2c2cccc(F)c2)CC1. The van der Waals surface area contributed by atoms with Crippen molar-refractivity contribution in [2.45, 2.75) is 19.4 Å². The predicted molar refractivity (Wildman–Crippen MR) is 117 cm³/mol. The van der Waals surface area contributed by atoms with Gasteiger partial charge in [-0.3, -0.25) is 14.5 Å². The fourth-order valence-corrected chi connectivity index (χ4v) is 4.30. The molecule has 1 atom stereocenters. The first kappa shape index (κ1) is 21.5. The summed E-state index contributed by atoms with van der Waals surface area (Å²) in [6.45, 7) is 4.21. The molecule has 8 heteroatoms. The minimum atomic E-state index is -0.395. The number of carbonyl (C=O) groups excluding carboxylic acids is 2. The number of piperazine rings is 1. The number of hydrogen-bond donors (Lipinski definition) is 0. The van der Waals surface area contributed by atoms with E-state index in [2.05, 4.69) is 5.10 Å². The van der Waals surface area contributed by atoms with E-state index in [-0.39, 0.29) is 24.2 Å². The van der Waals surface area contributed by atoms with Gasteiger partial charge in [0, 0.05) is 50.1 Å². The second-order valence-corrected chi connectivity index (χ2v) is 8.23. The fraction of sp³-hybridized carbons (Fsp3) is 0.348. The van der Waals surface area contributed by atoms with Crippen molar-refractivity contribution in [2.75, 3.05) is 32.7 Å². The van der Waals surface area contributed by atoms with Crippen LogP contribution in [0, 0.1) is 5.82 Å². The fourth-order valence-electron chi connectivity index (χ4n) is 4.06. The number of amides is 2. The van der Waals surface area contributed by atoms with E-state index in [0.29, 0.717) is 48.9 Å². The average molecular weight is 443 g/mol. The Labute approximate surface area is 185 Å². The summed E-state index contributed by atoms with van der Waals surface area (Å²) >= 11 is 6.36. The molecule has 31 heavy (non-hydrogen) atoms. The molecule has 2 aliphatic heterocycles. The zero-order valence-corrected chi connectivity index (χ0v) is 18.1. The molecule has 1 saturated heterocycles. The second-order valence-electron chi connectivity index (χ2n) is 7.82. The van der Waals surface area contributed by atoms with Gasteiger partial charge in [0.2, 0.25) is 5.91 Å². The molecule has 6 nitrogen and oxygen atoms in total. The molecule has 1 fully saturated rings. The van der Waals surface area contributed by atoms with Crippen LogP contribution in [-0.2, 0) is 9.59 Å².